The normalized spacial score (nSPS) is 14.3. The van der Waals surface area contributed by atoms with Crippen molar-refractivity contribution >= 4 is 34.8 Å². The van der Waals surface area contributed by atoms with Crippen molar-refractivity contribution in [1.29, 1.82) is 0 Å². The zero-order chi connectivity index (χ0) is 13.1. The molecule has 4 nitrogen and oxygen atoms in total. The molecule has 0 atom stereocenters. The smallest absolute Gasteiger partial charge is 0.234 e. The summed E-state index contributed by atoms with van der Waals surface area (Å²) in [6.07, 6.45) is 1.23. The lowest BCUT2D eigenvalue weighted by Gasteiger charge is -2.28. The molecule has 1 aliphatic heterocycles. The number of rotatable bonds is 3. The molecule has 0 aliphatic carbocycles. The second-order valence-electron chi connectivity index (χ2n) is 4.16. The van der Waals surface area contributed by atoms with Crippen LogP contribution in [0.4, 0.5) is 11.4 Å². The van der Waals surface area contributed by atoms with Gasteiger partial charge in [0.1, 0.15) is 0 Å². The van der Waals surface area contributed by atoms with Gasteiger partial charge < -0.3 is 5.32 Å². The van der Waals surface area contributed by atoms with E-state index in [1.54, 1.807) is 0 Å². The summed E-state index contributed by atoms with van der Waals surface area (Å²) in [5, 5.41) is 3.05. The van der Waals surface area contributed by atoms with Gasteiger partial charge in [0.2, 0.25) is 11.8 Å². The van der Waals surface area contributed by atoms with Gasteiger partial charge in [0, 0.05) is 31.5 Å². The SMILES string of the molecule is CNc1ccc2c(c1)CCC(=O)N2C(=O)CCCl. The van der Waals surface area contributed by atoms with Crippen molar-refractivity contribution in [3.63, 3.8) is 0 Å². The maximum Gasteiger partial charge on any atom is 0.234 e. The van der Waals surface area contributed by atoms with Gasteiger partial charge in [0.25, 0.3) is 0 Å². The first-order valence-corrected chi connectivity index (χ1v) is 6.43. The van der Waals surface area contributed by atoms with Crippen LogP contribution >= 0.6 is 11.6 Å². The van der Waals surface area contributed by atoms with E-state index in [-0.39, 0.29) is 24.1 Å². The minimum absolute atomic E-state index is 0.144. The number of nitrogens with zero attached hydrogens (tertiary/aromatic N) is 1. The van der Waals surface area contributed by atoms with Crippen molar-refractivity contribution in [2.45, 2.75) is 19.3 Å². The first-order chi connectivity index (χ1) is 8.67. The quantitative estimate of drug-likeness (QED) is 0.853. The summed E-state index contributed by atoms with van der Waals surface area (Å²) in [5.41, 5.74) is 2.69. The number of fused-ring (bicyclic) bond motifs is 1. The second-order valence-corrected chi connectivity index (χ2v) is 4.53. The predicted octanol–water partition coefficient (Wildman–Crippen LogP) is 2.16. The molecule has 1 aliphatic rings. The van der Waals surface area contributed by atoms with Crippen molar-refractivity contribution in [2.24, 2.45) is 0 Å². The number of carbonyl (C=O) groups excluding carboxylic acids is 2. The van der Waals surface area contributed by atoms with E-state index in [9.17, 15) is 9.59 Å². The highest BCUT2D eigenvalue weighted by Gasteiger charge is 2.28. The number of aryl methyl sites for hydroxylation is 1. The monoisotopic (exact) mass is 266 g/mol. The van der Waals surface area contributed by atoms with Crippen LogP contribution in [0.5, 0.6) is 0 Å². The molecule has 2 rings (SSSR count). The molecule has 96 valence electrons. The first kappa shape index (κ1) is 12.9. The number of nitrogens with one attached hydrogen (secondary N) is 1. The van der Waals surface area contributed by atoms with E-state index < -0.39 is 0 Å². The van der Waals surface area contributed by atoms with E-state index >= 15 is 0 Å². The summed E-state index contributed by atoms with van der Waals surface area (Å²) >= 11 is 5.57. The van der Waals surface area contributed by atoms with Crippen molar-refractivity contribution in [3.8, 4) is 0 Å². The first-order valence-electron chi connectivity index (χ1n) is 5.90. The summed E-state index contributed by atoms with van der Waals surface area (Å²) in [6.45, 7) is 0. The third-order valence-electron chi connectivity index (χ3n) is 3.02. The second kappa shape index (κ2) is 5.40. The molecule has 0 saturated heterocycles. The molecular weight excluding hydrogens is 252 g/mol. The van der Waals surface area contributed by atoms with Crippen LogP contribution in [0.25, 0.3) is 0 Å². The maximum atomic E-state index is 11.9. The topological polar surface area (TPSA) is 49.4 Å². The van der Waals surface area contributed by atoms with E-state index in [0.717, 1.165) is 11.3 Å². The number of anilines is 2. The number of halogens is 1. The van der Waals surface area contributed by atoms with E-state index in [1.165, 1.54) is 4.90 Å². The Labute approximate surface area is 111 Å². The van der Waals surface area contributed by atoms with Gasteiger partial charge in [-0.15, -0.1) is 11.6 Å². The molecule has 0 radical (unpaired) electrons. The van der Waals surface area contributed by atoms with E-state index in [0.29, 0.717) is 18.5 Å². The third-order valence-corrected chi connectivity index (χ3v) is 3.21. The number of imide groups is 1. The minimum Gasteiger partial charge on any atom is -0.388 e. The average Bonchev–Trinajstić information content (AvgIpc) is 2.38. The summed E-state index contributed by atoms with van der Waals surface area (Å²) in [7, 11) is 1.84. The van der Waals surface area contributed by atoms with Crippen LogP contribution in [0.1, 0.15) is 18.4 Å². The highest BCUT2D eigenvalue weighted by molar-refractivity contribution is 6.22. The molecule has 5 heteroatoms. The summed E-state index contributed by atoms with van der Waals surface area (Å²) in [4.78, 5) is 25.1. The fraction of sp³-hybridized carbons (Fsp3) is 0.385. The fourth-order valence-electron chi connectivity index (χ4n) is 2.11. The minimum atomic E-state index is -0.229. The number of benzene rings is 1. The standard InChI is InChI=1S/C13H15ClN2O2/c1-15-10-3-4-11-9(8-10)2-5-12(17)16(11)13(18)6-7-14/h3-4,8,15H,2,5-7H2,1H3. The lowest BCUT2D eigenvalue weighted by molar-refractivity contribution is -0.126. The summed E-state index contributed by atoms with van der Waals surface area (Å²) < 4.78 is 0. The Morgan fingerprint density at radius 3 is 2.89 bits per heavy atom. The van der Waals surface area contributed by atoms with Crippen LogP contribution < -0.4 is 10.2 Å². The Kier molecular flexibility index (Phi) is 3.87. The molecule has 18 heavy (non-hydrogen) atoms. The van der Waals surface area contributed by atoms with E-state index in [2.05, 4.69) is 5.32 Å². The Morgan fingerprint density at radius 1 is 1.44 bits per heavy atom. The van der Waals surface area contributed by atoms with Crippen LogP contribution in [0.15, 0.2) is 18.2 Å². The van der Waals surface area contributed by atoms with Gasteiger partial charge in [-0.05, 0) is 30.2 Å². The molecule has 1 heterocycles. The summed E-state index contributed by atoms with van der Waals surface area (Å²) in [6, 6.07) is 5.64. The highest BCUT2D eigenvalue weighted by Crippen LogP contribution is 2.30. The number of alkyl halides is 1. The molecule has 1 aromatic rings. The third kappa shape index (κ3) is 2.34. The van der Waals surface area contributed by atoms with Gasteiger partial charge >= 0.3 is 0 Å². The Hall–Kier alpha value is -1.55. The Bertz CT molecular complexity index is 488. The fourth-order valence-corrected chi connectivity index (χ4v) is 2.27. The zero-order valence-corrected chi connectivity index (χ0v) is 11.0. The van der Waals surface area contributed by atoms with Gasteiger partial charge in [0.05, 0.1) is 5.69 Å². The predicted molar refractivity (Wildman–Crippen MR) is 72.1 cm³/mol. The van der Waals surface area contributed by atoms with Crippen LogP contribution in [0.2, 0.25) is 0 Å². The van der Waals surface area contributed by atoms with E-state index in [4.69, 9.17) is 11.6 Å². The number of amides is 2. The Balaban J connectivity index is 2.38. The molecule has 0 saturated carbocycles. The molecule has 0 bridgehead atoms. The maximum absolute atomic E-state index is 11.9. The molecule has 0 spiro atoms. The molecule has 1 aromatic carbocycles. The molecule has 0 fully saturated rings. The van der Waals surface area contributed by atoms with Crippen LogP contribution in [0.3, 0.4) is 0 Å². The van der Waals surface area contributed by atoms with Crippen LogP contribution in [0, 0.1) is 0 Å². The van der Waals surface area contributed by atoms with Gasteiger partial charge in [-0.3, -0.25) is 14.5 Å². The largest absolute Gasteiger partial charge is 0.388 e. The number of hydrogen-bond acceptors (Lipinski definition) is 3. The van der Waals surface area contributed by atoms with Crippen LogP contribution in [-0.4, -0.2) is 24.7 Å². The van der Waals surface area contributed by atoms with Gasteiger partial charge in [0.15, 0.2) is 0 Å². The van der Waals surface area contributed by atoms with E-state index in [1.807, 2.05) is 25.2 Å². The lowest BCUT2D eigenvalue weighted by atomic mass is 10.00. The molecular formula is C13H15ClN2O2. The number of hydrogen-bond donors (Lipinski definition) is 1. The molecule has 0 unspecified atom stereocenters. The lowest BCUT2D eigenvalue weighted by Crippen LogP contribution is -2.40. The molecule has 1 N–H and O–H groups in total. The van der Waals surface area contributed by atoms with Gasteiger partial charge in [-0.2, -0.15) is 0 Å². The van der Waals surface area contributed by atoms with Gasteiger partial charge in [-0.25, -0.2) is 0 Å². The summed E-state index contributed by atoms with van der Waals surface area (Å²) in [5.74, 6) is -0.144. The van der Waals surface area contributed by atoms with Crippen molar-refractivity contribution in [3.05, 3.63) is 23.8 Å². The zero-order valence-electron chi connectivity index (χ0n) is 10.2. The van der Waals surface area contributed by atoms with Crippen molar-refractivity contribution in [2.75, 3.05) is 23.1 Å². The number of carbonyl (C=O) groups is 2. The van der Waals surface area contributed by atoms with Crippen molar-refractivity contribution < 1.29 is 9.59 Å². The molecule has 2 amide bonds. The average molecular weight is 267 g/mol. The van der Waals surface area contributed by atoms with Crippen LogP contribution in [-0.2, 0) is 16.0 Å². The van der Waals surface area contributed by atoms with Gasteiger partial charge in [-0.1, -0.05) is 0 Å². The molecule has 0 aromatic heterocycles. The highest BCUT2D eigenvalue weighted by atomic mass is 35.5. The Morgan fingerprint density at radius 2 is 2.22 bits per heavy atom. The van der Waals surface area contributed by atoms with Crippen molar-refractivity contribution in [1.82, 2.24) is 0 Å².